The summed E-state index contributed by atoms with van der Waals surface area (Å²) in [6, 6.07) is 42.7. The zero-order valence-electron chi connectivity index (χ0n) is 21.2. The van der Waals surface area contributed by atoms with Crippen LogP contribution in [-0.2, 0) is 9.13 Å². The fraction of sp³-hybridized carbons (Fsp3) is 0.0303. The molecule has 0 spiro atoms. The number of hydrogen-bond donors (Lipinski definition) is 0. The second-order valence-corrected chi connectivity index (χ2v) is 15.9. The summed E-state index contributed by atoms with van der Waals surface area (Å²) < 4.78 is 33.5. The zero-order chi connectivity index (χ0) is 27.5. The van der Waals surface area contributed by atoms with E-state index in [-0.39, 0.29) is 0 Å². The fourth-order valence-corrected chi connectivity index (χ4v) is 15.3. The van der Waals surface area contributed by atoms with Crippen molar-refractivity contribution in [2.24, 2.45) is 0 Å². The number of nitrogens with zero attached hydrogens (tertiary/aromatic N) is 3. The molecule has 1 aliphatic rings. The van der Waals surface area contributed by atoms with E-state index in [1.54, 1.807) is 72.8 Å². The Balaban J connectivity index is 1.73. The Labute approximate surface area is 231 Å². The maximum Gasteiger partial charge on any atom is 0.262 e. The molecule has 0 N–H and O–H groups in total. The van der Waals surface area contributed by atoms with Crippen molar-refractivity contribution >= 4 is 57.3 Å². The molecule has 0 aliphatic carbocycles. The molecule has 40 heavy (non-hydrogen) atoms. The van der Waals surface area contributed by atoms with Gasteiger partial charge in [0.1, 0.15) is 12.1 Å². The highest BCUT2D eigenvalue weighted by Crippen LogP contribution is 2.78. The largest absolute Gasteiger partial charge is 0.310 e. The molecule has 7 rings (SSSR count). The lowest BCUT2D eigenvalue weighted by Crippen LogP contribution is -2.33. The molecule has 5 nitrogen and oxygen atoms in total. The number of fused-ring (bicyclic) bond motifs is 4. The quantitative estimate of drug-likeness (QED) is 0.245. The van der Waals surface area contributed by atoms with E-state index in [1.165, 1.54) is 0 Å². The molecule has 1 aliphatic heterocycles. The van der Waals surface area contributed by atoms with Gasteiger partial charge in [0.15, 0.2) is 14.3 Å². The van der Waals surface area contributed by atoms with Crippen molar-refractivity contribution in [1.82, 2.24) is 4.57 Å². The Bertz CT molecular complexity index is 2090. The van der Waals surface area contributed by atoms with Gasteiger partial charge in [-0.25, -0.2) is 0 Å². The van der Waals surface area contributed by atoms with Gasteiger partial charge in [-0.2, -0.15) is 10.5 Å². The van der Waals surface area contributed by atoms with Crippen molar-refractivity contribution in [2.75, 3.05) is 0 Å². The van der Waals surface area contributed by atoms with Gasteiger partial charge in [-0.15, -0.1) is 0 Å². The summed E-state index contributed by atoms with van der Waals surface area (Å²) in [7, 11) is -8.27. The van der Waals surface area contributed by atoms with Gasteiger partial charge in [0.2, 0.25) is 0 Å². The van der Waals surface area contributed by atoms with Crippen LogP contribution in [0.2, 0.25) is 0 Å². The topological polar surface area (TPSA) is 86.7 Å². The molecule has 2 unspecified atom stereocenters. The van der Waals surface area contributed by atoms with E-state index < -0.39 is 19.2 Å². The average molecular weight is 553 g/mol. The number of rotatable bonds is 3. The van der Waals surface area contributed by atoms with Crippen molar-refractivity contribution in [3.8, 4) is 17.8 Å². The van der Waals surface area contributed by atoms with E-state index >= 15 is 9.13 Å². The lowest BCUT2D eigenvalue weighted by atomic mass is 10.2. The van der Waals surface area contributed by atoms with Gasteiger partial charge < -0.3 is 13.7 Å². The van der Waals surface area contributed by atoms with Crippen LogP contribution in [0.5, 0.6) is 0 Å². The maximum absolute atomic E-state index is 15.9. The summed E-state index contributed by atoms with van der Waals surface area (Å²) in [4.78, 5) is -2.32. The minimum absolute atomic E-state index is 0.299. The molecule has 5 aromatic carbocycles. The van der Waals surface area contributed by atoms with Crippen molar-refractivity contribution in [2.45, 2.75) is 4.90 Å². The van der Waals surface area contributed by atoms with E-state index in [0.29, 0.717) is 26.9 Å². The van der Waals surface area contributed by atoms with E-state index in [0.717, 1.165) is 21.8 Å². The third-order valence-corrected chi connectivity index (χ3v) is 16.2. The van der Waals surface area contributed by atoms with E-state index in [9.17, 15) is 10.5 Å². The molecule has 7 heteroatoms. The van der Waals surface area contributed by atoms with E-state index in [4.69, 9.17) is 0 Å². The molecular formula is C33H21N3O2P2. The molecule has 2 atom stereocenters. The molecule has 0 fully saturated rings. The Morgan fingerprint density at radius 1 is 0.550 bits per heavy atom. The lowest BCUT2D eigenvalue weighted by molar-refractivity contribution is 0.575. The highest BCUT2D eigenvalue weighted by molar-refractivity contribution is 8.02. The van der Waals surface area contributed by atoms with Crippen molar-refractivity contribution < 1.29 is 9.13 Å². The molecule has 2 heterocycles. The molecule has 6 aromatic rings. The highest BCUT2D eigenvalue weighted by atomic mass is 31.2. The molecular weight excluding hydrogens is 532 g/mol. The third kappa shape index (κ3) is 2.81. The molecule has 190 valence electrons. The monoisotopic (exact) mass is 553 g/mol. The minimum atomic E-state index is -4.18. The SMILES string of the molecule is N#CC1(C#N)P(=O)(c2ccccc2)c2cccc(-n3c4ccccc4c4ccccc43)c2P1(=O)c1ccccc1. The van der Waals surface area contributed by atoms with E-state index in [1.807, 2.05) is 59.2 Å². The summed E-state index contributed by atoms with van der Waals surface area (Å²) in [5.41, 5.74) is 2.33. The van der Waals surface area contributed by atoms with Crippen LogP contribution < -0.4 is 21.2 Å². The van der Waals surface area contributed by atoms with E-state index in [2.05, 4.69) is 12.1 Å². The highest BCUT2D eigenvalue weighted by Gasteiger charge is 2.71. The first kappa shape index (κ1) is 24.4. The summed E-state index contributed by atoms with van der Waals surface area (Å²) in [6.45, 7) is 0. The molecule has 0 amide bonds. The summed E-state index contributed by atoms with van der Waals surface area (Å²) in [6.07, 6.45) is 0. The van der Waals surface area contributed by atoms with Crippen LogP contribution in [0.1, 0.15) is 0 Å². The molecule has 0 bridgehead atoms. The lowest BCUT2D eigenvalue weighted by Gasteiger charge is -2.28. The van der Waals surface area contributed by atoms with Gasteiger partial charge in [-0.1, -0.05) is 109 Å². The van der Waals surface area contributed by atoms with Crippen LogP contribution in [-0.4, -0.2) is 9.46 Å². The average Bonchev–Trinajstić information content (AvgIpc) is 3.44. The normalized spacial score (nSPS) is 21.1. The minimum Gasteiger partial charge on any atom is -0.310 e. The van der Waals surface area contributed by atoms with Gasteiger partial charge in [0, 0.05) is 26.7 Å². The summed E-state index contributed by atoms with van der Waals surface area (Å²) >= 11 is 0. The predicted octanol–water partition coefficient (Wildman–Crippen LogP) is 6.17. The molecule has 0 saturated heterocycles. The van der Waals surface area contributed by atoms with Crippen LogP contribution in [0.25, 0.3) is 27.5 Å². The van der Waals surface area contributed by atoms with Gasteiger partial charge in [-0.05, 0) is 18.2 Å². The molecule has 0 radical (unpaired) electrons. The fourth-order valence-electron chi connectivity index (χ4n) is 6.22. The van der Waals surface area contributed by atoms with Crippen LogP contribution in [0.15, 0.2) is 127 Å². The van der Waals surface area contributed by atoms with Crippen molar-refractivity contribution in [3.05, 3.63) is 127 Å². The molecule has 1 aromatic heterocycles. The Morgan fingerprint density at radius 3 is 1.55 bits per heavy atom. The Kier molecular flexibility index (Phi) is 5.29. The van der Waals surface area contributed by atoms with Crippen molar-refractivity contribution in [1.29, 1.82) is 10.5 Å². The maximum atomic E-state index is 15.9. The van der Waals surface area contributed by atoms with Crippen LogP contribution in [0, 0.1) is 22.7 Å². The van der Waals surface area contributed by atoms with Crippen LogP contribution in [0.4, 0.5) is 0 Å². The number of aromatic nitrogens is 1. The number of nitriles is 2. The van der Waals surface area contributed by atoms with Crippen LogP contribution in [0.3, 0.4) is 0 Å². The Morgan fingerprint density at radius 2 is 1.02 bits per heavy atom. The first-order valence-corrected chi connectivity index (χ1v) is 16.2. The summed E-state index contributed by atoms with van der Waals surface area (Å²) in [5, 5.41) is 25.0. The number of hydrogen-bond acceptors (Lipinski definition) is 4. The first-order chi connectivity index (χ1) is 19.5. The summed E-state index contributed by atoms with van der Waals surface area (Å²) in [5.74, 6) is 0. The second kappa shape index (κ2) is 8.67. The predicted molar refractivity (Wildman–Crippen MR) is 161 cm³/mol. The van der Waals surface area contributed by atoms with Gasteiger partial charge in [-0.3, -0.25) is 0 Å². The number of para-hydroxylation sites is 2. The number of benzene rings is 5. The smallest absolute Gasteiger partial charge is 0.262 e. The van der Waals surface area contributed by atoms with Gasteiger partial charge >= 0.3 is 0 Å². The second-order valence-electron chi connectivity index (χ2n) is 9.80. The van der Waals surface area contributed by atoms with Gasteiger partial charge in [0.05, 0.1) is 22.0 Å². The van der Waals surface area contributed by atoms with Crippen molar-refractivity contribution in [3.63, 3.8) is 0 Å². The zero-order valence-corrected chi connectivity index (χ0v) is 23.0. The van der Waals surface area contributed by atoms with Gasteiger partial charge in [0.25, 0.3) is 4.90 Å². The Hall–Kier alpha value is -4.66. The first-order valence-electron chi connectivity index (χ1n) is 12.8. The molecule has 0 saturated carbocycles. The third-order valence-electron chi connectivity index (χ3n) is 7.93. The standard InChI is InChI=1S/C33H21N3O2P2/c34-22-33(23-35)39(37,24-12-3-1-4-13-24)31-21-11-20-30(32(31)40(33,38)25-14-5-2-6-15-25)36-28-18-9-7-16-26(28)27-17-8-10-19-29(27)36/h1-21H. The van der Waals surface area contributed by atoms with Crippen LogP contribution >= 0.6 is 14.3 Å².